The topological polar surface area (TPSA) is 86.8 Å². The lowest BCUT2D eigenvalue weighted by Crippen LogP contribution is -2.43. The molecule has 2 fully saturated rings. The van der Waals surface area contributed by atoms with Crippen LogP contribution in [0.15, 0.2) is 85.1 Å². The molecule has 240 valence electrons. The second-order valence-corrected chi connectivity index (χ2v) is 13.5. The zero-order chi connectivity index (χ0) is 32.5. The van der Waals surface area contributed by atoms with Crippen LogP contribution in [0.5, 0.6) is 11.5 Å². The van der Waals surface area contributed by atoms with Crippen LogP contribution >= 0.6 is 11.3 Å². The van der Waals surface area contributed by atoms with Crippen LogP contribution < -0.4 is 15.4 Å². The Hall–Kier alpha value is -4.64. The Labute approximate surface area is 277 Å². The van der Waals surface area contributed by atoms with Gasteiger partial charge in [-0.3, -0.25) is 19.5 Å². The molecule has 3 heterocycles. The second-order valence-electron chi connectivity index (χ2n) is 12.5. The Kier molecular flexibility index (Phi) is 8.48. The molecule has 7 rings (SSSR count). The smallest absolute Gasteiger partial charge is 0.240 e. The van der Waals surface area contributed by atoms with Gasteiger partial charge in [-0.1, -0.05) is 24.3 Å². The first-order valence-electron chi connectivity index (χ1n) is 15.8. The summed E-state index contributed by atoms with van der Waals surface area (Å²) < 4.78 is 20.6. The maximum absolute atomic E-state index is 13.2. The van der Waals surface area contributed by atoms with E-state index >= 15 is 0 Å². The maximum atomic E-state index is 13.2. The molecule has 1 saturated carbocycles. The highest BCUT2D eigenvalue weighted by Crippen LogP contribution is 2.48. The molecule has 5 aromatic rings. The Bertz CT molecular complexity index is 1930. The van der Waals surface area contributed by atoms with Crippen LogP contribution in [-0.2, 0) is 16.1 Å². The summed E-state index contributed by atoms with van der Waals surface area (Å²) in [4.78, 5) is 36.7. The van der Waals surface area contributed by atoms with Crippen molar-refractivity contribution in [2.45, 2.75) is 26.3 Å². The van der Waals surface area contributed by atoms with Crippen molar-refractivity contribution in [1.29, 1.82) is 0 Å². The van der Waals surface area contributed by atoms with Gasteiger partial charge in [0, 0.05) is 61.2 Å². The van der Waals surface area contributed by atoms with Crippen LogP contribution in [0.1, 0.15) is 24.0 Å². The van der Waals surface area contributed by atoms with Gasteiger partial charge >= 0.3 is 0 Å². The van der Waals surface area contributed by atoms with E-state index in [-0.39, 0.29) is 5.91 Å². The number of likely N-dealkylation sites (N-methyl/N-ethyl adjacent to an activating group) is 1. The number of aromatic nitrogens is 1. The van der Waals surface area contributed by atoms with Crippen molar-refractivity contribution in [3.63, 3.8) is 0 Å². The Morgan fingerprint density at radius 2 is 1.55 bits per heavy atom. The predicted molar refractivity (Wildman–Crippen MR) is 184 cm³/mol. The van der Waals surface area contributed by atoms with Gasteiger partial charge in [-0.2, -0.15) is 0 Å². The zero-order valence-electron chi connectivity index (χ0n) is 26.4. The molecule has 47 heavy (non-hydrogen) atoms. The number of ether oxygens (including phenoxy) is 1. The van der Waals surface area contributed by atoms with E-state index in [0.29, 0.717) is 35.7 Å². The molecule has 1 saturated heterocycles. The number of hydrogen-bond acceptors (Lipinski definition) is 7. The van der Waals surface area contributed by atoms with E-state index in [1.807, 2.05) is 25.1 Å². The van der Waals surface area contributed by atoms with Crippen molar-refractivity contribution in [1.82, 2.24) is 14.8 Å². The van der Waals surface area contributed by atoms with Gasteiger partial charge in [-0.05, 0) is 92.0 Å². The molecule has 0 spiro atoms. The van der Waals surface area contributed by atoms with E-state index < -0.39 is 17.1 Å². The lowest BCUT2D eigenvalue weighted by atomic mass is 10.0. The number of aryl methyl sites for hydroxylation is 1. The molecule has 2 aliphatic rings. The predicted octanol–water partition coefficient (Wildman–Crippen LogP) is 7.31. The largest absolute Gasteiger partial charge is 0.455 e. The summed E-state index contributed by atoms with van der Waals surface area (Å²) in [6.45, 7) is 7.30. The molecule has 2 aromatic heterocycles. The molecule has 3 aromatic carbocycles. The summed E-state index contributed by atoms with van der Waals surface area (Å²) in [6.07, 6.45) is 2.66. The van der Waals surface area contributed by atoms with Crippen molar-refractivity contribution in [2.75, 3.05) is 43.9 Å². The molecular formula is C37H36FN5O3S. The quantitative estimate of drug-likeness (QED) is 0.163. The van der Waals surface area contributed by atoms with Crippen LogP contribution in [-0.4, -0.2) is 59.8 Å². The lowest BCUT2D eigenvalue weighted by molar-refractivity contribution is -0.131. The highest BCUT2D eigenvalue weighted by Gasteiger charge is 2.56. The van der Waals surface area contributed by atoms with Gasteiger partial charge in [0.2, 0.25) is 11.8 Å². The van der Waals surface area contributed by atoms with Crippen molar-refractivity contribution in [3.8, 4) is 21.9 Å². The van der Waals surface area contributed by atoms with E-state index in [9.17, 15) is 14.0 Å². The average Bonchev–Trinajstić information content (AvgIpc) is 3.78. The Morgan fingerprint density at radius 1 is 0.872 bits per heavy atom. The van der Waals surface area contributed by atoms with Crippen molar-refractivity contribution in [3.05, 3.63) is 102 Å². The number of hydrogen-bond donors (Lipinski definition) is 2. The zero-order valence-corrected chi connectivity index (χ0v) is 27.2. The van der Waals surface area contributed by atoms with Crippen molar-refractivity contribution < 1.29 is 18.7 Å². The number of piperazine rings is 1. The number of nitrogens with one attached hydrogen (secondary N) is 2. The van der Waals surface area contributed by atoms with E-state index in [1.54, 1.807) is 23.6 Å². The number of nitrogens with zero attached hydrogens (tertiary/aromatic N) is 3. The summed E-state index contributed by atoms with van der Waals surface area (Å²) in [5.74, 6) is 0.230. The number of carbonyl (C=O) groups excluding carboxylic acids is 2. The van der Waals surface area contributed by atoms with Gasteiger partial charge in [-0.15, -0.1) is 11.3 Å². The number of rotatable bonds is 9. The molecule has 10 heteroatoms. The summed E-state index contributed by atoms with van der Waals surface area (Å²) in [5.41, 5.74) is 4.07. The van der Waals surface area contributed by atoms with Crippen LogP contribution in [0.4, 0.5) is 15.8 Å². The monoisotopic (exact) mass is 649 g/mol. The standard InChI is InChI=1S/C37H36FN5O3S/c1-24-21-29(41-36(45)37(14-15-37)35(44)40-28-9-7-27(38)8-10-28)11-12-31(24)46-32-13-16-39-30-22-33(47-34(30)32)26-5-3-25(4-6-26)23-43-19-17-42(2)18-20-43/h3-13,16,21-22H,14-15,17-20,23H2,1-2H3,(H,40,44)(H,41,45). The molecule has 8 nitrogen and oxygen atoms in total. The minimum Gasteiger partial charge on any atom is -0.455 e. The Morgan fingerprint density at radius 3 is 2.23 bits per heavy atom. The number of anilines is 2. The number of carbonyl (C=O) groups is 2. The van der Waals surface area contributed by atoms with Gasteiger partial charge in [0.15, 0.2) is 0 Å². The molecule has 2 amide bonds. The van der Waals surface area contributed by atoms with Crippen LogP contribution in [0.25, 0.3) is 20.7 Å². The van der Waals surface area contributed by atoms with E-state index in [0.717, 1.165) is 58.9 Å². The molecule has 1 aliphatic heterocycles. The van der Waals surface area contributed by atoms with Gasteiger partial charge in [-0.25, -0.2) is 4.39 Å². The molecule has 0 radical (unpaired) electrons. The number of fused-ring (bicyclic) bond motifs is 1. The normalized spacial score (nSPS) is 16.1. The number of thiophene rings is 1. The van der Waals surface area contributed by atoms with Gasteiger partial charge < -0.3 is 20.3 Å². The highest BCUT2D eigenvalue weighted by molar-refractivity contribution is 7.22. The van der Waals surface area contributed by atoms with E-state index in [4.69, 9.17) is 4.74 Å². The number of amides is 2. The fourth-order valence-electron chi connectivity index (χ4n) is 5.85. The van der Waals surface area contributed by atoms with Gasteiger partial charge in [0.05, 0.1) is 10.2 Å². The molecule has 0 bridgehead atoms. The third kappa shape index (κ3) is 6.76. The minimum atomic E-state index is -1.14. The van der Waals surface area contributed by atoms with Crippen LogP contribution in [0.2, 0.25) is 0 Å². The van der Waals surface area contributed by atoms with Crippen molar-refractivity contribution in [2.24, 2.45) is 5.41 Å². The highest BCUT2D eigenvalue weighted by atomic mass is 32.1. The number of halogens is 1. The lowest BCUT2D eigenvalue weighted by Gasteiger charge is -2.32. The molecular weight excluding hydrogens is 614 g/mol. The van der Waals surface area contributed by atoms with Crippen LogP contribution in [0, 0.1) is 18.2 Å². The number of pyridine rings is 1. The fourth-order valence-corrected chi connectivity index (χ4v) is 6.92. The third-order valence-electron chi connectivity index (χ3n) is 8.99. The third-order valence-corrected chi connectivity index (χ3v) is 10.2. The Balaban J connectivity index is 1.01. The maximum Gasteiger partial charge on any atom is 0.240 e. The first-order valence-corrected chi connectivity index (χ1v) is 16.6. The minimum absolute atomic E-state index is 0.362. The van der Waals surface area contributed by atoms with Crippen molar-refractivity contribution >= 4 is 44.7 Å². The summed E-state index contributed by atoms with van der Waals surface area (Å²) in [5, 5.41) is 5.64. The first-order chi connectivity index (χ1) is 22.8. The van der Waals surface area contributed by atoms with Gasteiger partial charge in [0.25, 0.3) is 0 Å². The van der Waals surface area contributed by atoms with Crippen LogP contribution in [0.3, 0.4) is 0 Å². The molecule has 2 N–H and O–H groups in total. The molecule has 1 aliphatic carbocycles. The molecule has 0 unspecified atom stereocenters. The van der Waals surface area contributed by atoms with E-state index in [2.05, 4.69) is 62.8 Å². The SMILES string of the molecule is Cc1cc(NC(=O)C2(C(=O)Nc3ccc(F)cc3)CC2)ccc1Oc1ccnc2cc(-c3ccc(CN4CCN(C)CC4)cc3)sc12. The summed E-state index contributed by atoms with van der Waals surface area (Å²) in [6, 6.07) is 23.7. The fraction of sp³-hybridized carbons (Fsp3) is 0.270. The average molecular weight is 650 g/mol. The van der Waals surface area contributed by atoms with E-state index in [1.165, 1.54) is 29.8 Å². The summed E-state index contributed by atoms with van der Waals surface area (Å²) in [7, 11) is 2.18. The van der Waals surface area contributed by atoms with Gasteiger partial charge in [0.1, 0.15) is 22.7 Å². The molecule has 0 atom stereocenters. The number of benzene rings is 3. The summed E-state index contributed by atoms with van der Waals surface area (Å²) >= 11 is 1.65. The second kappa shape index (κ2) is 12.9. The first kappa shape index (κ1) is 31.0.